The third-order valence-corrected chi connectivity index (χ3v) is 4.93. The minimum Gasteiger partial charge on any atom is -0.266 e. The molecule has 3 aromatic carbocycles. The van der Waals surface area contributed by atoms with Crippen molar-refractivity contribution in [3.63, 3.8) is 0 Å². The van der Waals surface area contributed by atoms with Crippen LogP contribution in [0.3, 0.4) is 0 Å². The molecule has 0 saturated heterocycles. The Bertz CT molecular complexity index is 1080. The number of amides is 1. The molecule has 1 aliphatic heterocycles. The van der Waals surface area contributed by atoms with Crippen LogP contribution in [0, 0.1) is 6.92 Å². The second-order valence-corrected chi connectivity index (χ2v) is 7.37. The molecule has 5 heteroatoms. The highest BCUT2D eigenvalue weighted by Gasteiger charge is 2.32. The summed E-state index contributed by atoms with van der Waals surface area (Å²) in [5, 5.41) is 1.28. The van der Waals surface area contributed by atoms with Crippen LogP contribution in [0.25, 0.3) is 6.08 Å². The maximum atomic E-state index is 13.2. The molecule has 28 heavy (non-hydrogen) atoms. The highest BCUT2D eigenvalue weighted by Crippen LogP contribution is 2.28. The lowest BCUT2D eigenvalue weighted by atomic mass is 10.1. The Balaban J connectivity index is 1.81. The summed E-state index contributed by atoms with van der Waals surface area (Å²) >= 11 is 12.0. The van der Waals surface area contributed by atoms with Crippen LogP contribution in [0.5, 0.6) is 0 Å². The van der Waals surface area contributed by atoms with Crippen LogP contribution in [-0.2, 0) is 4.79 Å². The predicted octanol–water partition coefficient (Wildman–Crippen LogP) is 6.14. The molecule has 0 radical (unpaired) electrons. The van der Waals surface area contributed by atoms with Crippen molar-refractivity contribution in [2.45, 2.75) is 6.92 Å². The fourth-order valence-electron chi connectivity index (χ4n) is 2.96. The third-order valence-electron chi connectivity index (χ3n) is 4.43. The number of carbonyl (C=O) groups excluding carboxylic acids is 1. The second kappa shape index (κ2) is 7.63. The van der Waals surface area contributed by atoms with Gasteiger partial charge in [0.25, 0.3) is 5.91 Å². The van der Waals surface area contributed by atoms with Crippen LogP contribution in [0.4, 0.5) is 5.69 Å². The molecule has 4 rings (SSSR count). The van der Waals surface area contributed by atoms with Crippen molar-refractivity contribution >= 4 is 46.7 Å². The molecule has 0 aliphatic carbocycles. The van der Waals surface area contributed by atoms with Crippen molar-refractivity contribution in [3.8, 4) is 0 Å². The predicted molar refractivity (Wildman–Crippen MR) is 116 cm³/mol. The monoisotopic (exact) mass is 406 g/mol. The van der Waals surface area contributed by atoms with Gasteiger partial charge in [0.15, 0.2) is 0 Å². The molecule has 0 N–H and O–H groups in total. The van der Waals surface area contributed by atoms with Crippen molar-refractivity contribution in [1.29, 1.82) is 0 Å². The zero-order valence-corrected chi connectivity index (χ0v) is 16.6. The summed E-state index contributed by atoms with van der Waals surface area (Å²) in [6.45, 7) is 2.01. The van der Waals surface area contributed by atoms with Gasteiger partial charge in [-0.1, -0.05) is 53.0 Å². The van der Waals surface area contributed by atoms with Gasteiger partial charge in [-0.25, -0.2) is 4.99 Å². The lowest BCUT2D eigenvalue weighted by Crippen LogP contribution is -2.32. The molecule has 0 unspecified atom stereocenters. The van der Waals surface area contributed by atoms with Crippen LogP contribution >= 0.6 is 23.2 Å². The van der Waals surface area contributed by atoms with Gasteiger partial charge in [-0.15, -0.1) is 0 Å². The average molecular weight is 407 g/mol. The van der Waals surface area contributed by atoms with Crippen molar-refractivity contribution in [3.05, 3.63) is 105 Å². The van der Waals surface area contributed by atoms with Gasteiger partial charge in [0.2, 0.25) is 0 Å². The van der Waals surface area contributed by atoms with Crippen LogP contribution in [0.2, 0.25) is 10.0 Å². The van der Waals surface area contributed by atoms with Crippen LogP contribution in [0.15, 0.2) is 83.5 Å². The van der Waals surface area contributed by atoms with Crippen molar-refractivity contribution in [2.75, 3.05) is 4.90 Å². The normalized spacial score (nSPS) is 15.2. The van der Waals surface area contributed by atoms with E-state index in [2.05, 4.69) is 4.99 Å². The number of aryl methyl sites for hydroxylation is 1. The number of benzene rings is 3. The molecular weight excluding hydrogens is 391 g/mol. The molecule has 138 valence electrons. The van der Waals surface area contributed by atoms with E-state index in [-0.39, 0.29) is 5.91 Å². The van der Waals surface area contributed by atoms with Crippen LogP contribution in [0.1, 0.15) is 16.7 Å². The van der Waals surface area contributed by atoms with E-state index in [1.807, 2.05) is 55.5 Å². The lowest BCUT2D eigenvalue weighted by Gasteiger charge is -2.18. The molecule has 0 fully saturated rings. The van der Waals surface area contributed by atoms with E-state index in [0.29, 0.717) is 21.6 Å². The molecule has 3 nitrogen and oxygen atoms in total. The highest BCUT2D eigenvalue weighted by atomic mass is 35.5. The van der Waals surface area contributed by atoms with Crippen molar-refractivity contribution < 1.29 is 4.79 Å². The highest BCUT2D eigenvalue weighted by molar-refractivity contribution is 6.34. The number of aliphatic imine (C=N–C) groups is 1. The minimum absolute atomic E-state index is 0.177. The summed E-state index contributed by atoms with van der Waals surface area (Å²) in [6, 6.07) is 22.4. The van der Waals surface area contributed by atoms with Gasteiger partial charge in [-0.3, -0.25) is 9.69 Å². The third kappa shape index (κ3) is 3.72. The summed E-state index contributed by atoms with van der Waals surface area (Å²) < 4.78 is 0. The first-order valence-corrected chi connectivity index (χ1v) is 9.50. The topological polar surface area (TPSA) is 32.7 Å². The summed E-state index contributed by atoms with van der Waals surface area (Å²) in [5.74, 6) is 0.398. The number of hydrogen-bond acceptors (Lipinski definition) is 2. The van der Waals surface area contributed by atoms with E-state index >= 15 is 0 Å². The van der Waals surface area contributed by atoms with Gasteiger partial charge >= 0.3 is 0 Å². The fraction of sp³-hybridized carbons (Fsp3) is 0.0435. The van der Waals surface area contributed by atoms with Crippen LogP contribution < -0.4 is 4.90 Å². The summed E-state index contributed by atoms with van der Waals surface area (Å²) in [5.41, 5.74) is 3.93. The van der Waals surface area contributed by atoms with E-state index in [0.717, 1.165) is 22.4 Å². The second-order valence-electron chi connectivity index (χ2n) is 6.50. The number of hydrogen-bond donors (Lipinski definition) is 0. The molecular formula is C23H16Cl2N2O. The molecule has 0 aromatic heterocycles. The van der Waals surface area contributed by atoms with Gasteiger partial charge in [0.05, 0.1) is 5.69 Å². The number of rotatable bonds is 3. The van der Waals surface area contributed by atoms with Crippen molar-refractivity contribution in [2.24, 2.45) is 4.99 Å². The van der Waals surface area contributed by atoms with Gasteiger partial charge in [-0.05, 0) is 67.1 Å². The molecule has 1 aliphatic rings. The minimum atomic E-state index is -0.177. The zero-order chi connectivity index (χ0) is 19.7. The number of halogens is 2. The zero-order valence-electron chi connectivity index (χ0n) is 15.1. The van der Waals surface area contributed by atoms with E-state index < -0.39 is 0 Å². The fourth-order valence-corrected chi connectivity index (χ4v) is 3.21. The van der Waals surface area contributed by atoms with Crippen LogP contribution in [-0.4, -0.2) is 11.7 Å². The Morgan fingerprint density at radius 3 is 2.00 bits per heavy atom. The summed E-state index contributed by atoms with van der Waals surface area (Å²) in [4.78, 5) is 19.5. The van der Waals surface area contributed by atoms with Gasteiger partial charge in [0, 0.05) is 15.6 Å². The molecule has 0 saturated carbocycles. The molecule has 0 bridgehead atoms. The Morgan fingerprint density at radius 2 is 1.39 bits per heavy atom. The maximum Gasteiger partial charge on any atom is 0.282 e. The molecule has 1 amide bonds. The Morgan fingerprint density at radius 1 is 0.821 bits per heavy atom. The summed E-state index contributed by atoms with van der Waals surface area (Å²) in [7, 11) is 0. The standard InChI is InChI=1S/C23H16Cl2N2O/c1-15-2-12-20(13-3-15)27-22(17-6-10-19(25)11-7-17)26-21(23(27)28)14-16-4-8-18(24)9-5-16/h2-14H,1H3/b21-14+. The Labute approximate surface area is 173 Å². The maximum absolute atomic E-state index is 13.2. The first-order valence-electron chi connectivity index (χ1n) is 8.74. The first kappa shape index (κ1) is 18.5. The molecule has 3 aromatic rings. The Kier molecular flexibility index (Phi) is 5.03. The largest absolute Gasteiger partial charge is 0.282 e. The van der Waals surface area contributed by atoms with E-state index in [1.54, 1.807) is 35.2 Å². The summed E-state index contributed by atoms with van der Waals surface area (Å²) in [6.07, 6.45) is 1.77. The molecule has 0 spiro atoms. The average Bonchev–Trinajstić information content (AvgIpc) is 3.01. The number of carbonyl (C=O) groups is 1. The first-order chi connectivity index (χ1) is 13.5. The number of nitrogens with zero attached hydrogens (tertiary/aromatic N) is 2. The van der Waals surface area contributed by atoms with E-state index in [1.165, 1.54) is 0 Å². The lowest BCUT2D eigenvalue weighted by molar-refractivity contribution is -0.113. The van der Waals surface area contributed by atoms with Gasteiger partial charge in [0.1, 0.15) is 11.5 Å². The van der Waals surface area contributed by atoms with E-state index in [9.17, 15) is 4.79 Å². The molecule has 0 atom stereocenters. The van der Waals surface area contributed by atoms with Gasteiger partial charge < -0.3 is 0 Å². The molecule has 1 heterocycles. The van der Waals surface area contributed by atoms with E-state index in [4.69, 9.17) is 23.2 Å². The Hall–Kier alpha value is -2.88. The SMILES string of the molecule is Cc1ccc(N2C(=O)/C(=C\c3ccc(Cl)cc3)N=C2c2ccc(Cl)cc2)cc1. The van der Waals surface area contributed by atoms with Gasteiger partial charge in [-0.2, -0.15) is 0 Å². The van der Waals surface area contributed by atoms with Crippen molar-refractivity contribution in [1.82, 2.24) is 0 Å². The quantitative estimate of drug-likeness (QED) is 0.481. The smallest absolute Gasteiger partial charge is 0.266 e. The number of amidine groups is 1. The number of anilines is 1.